The molecule has 0 bridgehead atoms. The van der Waals surface area contributed by atoms with E-state index in [2.05, 4.69) is 0 Å². The highest BCUT2D eigenvalue weighted by Gasteiger charge is 2.18. The molecule has 0 aromatic heterocycles. The fourth-order valence-corrected chi connectivity index (χ4v) is 2.29. The maximum absolute atomic E-state index is 11.1. The average Bonchev–Trinajstić information content (AvgIpc) is 2.49. The summed E-state index contributed by atoms with van der Waals surface area (Å²) in [5, 5.41) is 20.0. The number of hydrogen-bond acceptors (Lipinski definition) is 4. The molecule has 0 spiro atoms. The smallest absolute Gasteiger partial charge is 0.289 e. The maximum atomic E-state index is 11.1. The van der Waals surface area contributed by atoms with Gasteiger partial charge in [-0.2, -0.15) is 5.26 Å². The predicted octanol–water partition coefficient (Wildman–Crippen LogP) is 3.93. The molecule has 5 nitrogen and oxygen atoms in total. The van der Waals surface area contributed by atoms with Gasteiger partial charge in [-0.3, -0.25) is 10.1 Å². The van der Waals surface area contributed by atoms with Crippen molar-refractivity contribution in [2.75, 3.05) is 11.4 Å². The van der Waals surface area contributed by atoms with Crippen LogP contribution in [-0.2, 0) is 0 Å². The average molecular weight is 281 g/mol. The molecule has 5 heteroatoms. The van der Waals surface area contributed by atoms with Crippen molar-refractivity contribution in [1.82, 2.24) is 0 Å². The van der Waals surface area contributed by atoms with Crippen LogP contribution in [0.1, 0.15) is 18.1 Å². The Hall–Kier alpha value is -2.87. The molecule has 0 aliphatic heterocycles. The summed E-state index contributed by atoms with van der Waals surface area (Å²) in [6.45, 7) is 4.65. The summed E-state index contributed by atoms with van der Waals surface area (Å²) in [5.74, 6) is 0. The van der Waals surface area contributed by atoms with Crippen molar-refractivity contribution in [2.24, 2.45) is 0 Å². The van der Waals surface area contributed by atoms with Crippen LogP contribution in [0.3, 0.4) is 0 Å². The zero-order valence-corrected chi connectivity index (χ0v) is 11.9. The third-order valence-electron chi connectivity index (χ3n) is 3.33. The Kier molecular flexibility index (Phi) is 4.19. The summed E-state index contributed by atoms with van der Waals surface area (Å²) in [5.41, 5.74) is 2.70. The fraction of sp³-hybridized carbons (Fsp3) is 0.188. The Balaban J connectivity index is 2.54. The summed E-state index contributed by atoms with van der Waals surface area (Å²) >= 11 is 0. The van der Waals surface area contributed by atoms with Gasteiger partial charge in [0.2, 0.25) is 0 Å². The molecule has 0 unspecified atom stereocenters. The molecule has 0 saturated heterocycles. The first-order valence-electron chi connectivity index (χ1n) is 6.60. The molecule has 2 rings (SSSR count). The van der Waals surface area contributed by atoms with Gasteiger partial charge in [-0.15, -0.1) is 0 Å². The number of aryl methyl sites for hydroxylation is 1. The van der Waals surface area contributed by atoms with E-state index in [4.69, 9.17) is 5.26 Å². The minimum absolute atomic E-state index is 0.0737. The molecule has 0 fully saturated rings. The third kappa shape index (κ3) is 2.84. The molecule has 0 radical (unpaired) electrons. The Morgan fingerprint density at radius 3 is 2.57 bits per heavy atom. The van der Waals surface area contributed by atoms with E-state index in [1.807, 2.05) is 49.1 Å². The summed E-state index contributed by atoms with van der Waals surface area (Å²) in [6.07, 6.45) is 0. The van der Waals surface area contributed by atoms with Crippen molar-refractivity contribution in [1.29, 1.82) is 5.26 Å². The van der Waals surface area contributed by atoms with Crippen molar-refractivity contribution in [3.05, 3.63) is 63.7 Å². The van der Waals surface area contributed by atoms with E-state index in [1.165, 1.54) is 12.1 Å². The van der Waals surface area contributed by atoms with Crippen LogP contribution in [0.4, 0.5) is 17.1 Å². The number of nitrogens with zero attached hydrogens (tertiary/aromatic N) is 3. The normalized spacial score (nSPS) is 9.95. The second kappa shape index (κ2) is 6.06. The zero-order chi connectivity index (χ0) is 15.4. The van der Waals surface area contributed by atoms with Crippen molar-refractivity contribution in [3.8, 4) is 6.07 Å². The SMILES string of the molecule is CCN(c1ccc(C#N)c([N+](=O)[O-])c1)c1ccccc1C. The molecular formula is C16H15N3O2. The van der Waals surface area contributed by atoms with Crippen LogP contribution in [0, 0.1) is 28.4 Å². The highest BCUT2D eigenvalue weighted by atomic mass is 16.6. The molecule has 0 amide bonds. The first-order chi connectivity index (χ1) is 10.1. The number of nitriles is 1. The maximum Gasteiger partial charge on any atom is 0.289 e. The van der Waals surface area contributed by atoms with Gasteiger partial charge in [-0.05, 0) is 37.6 Å². The van der Waals surface area contributed by atoms with E-state index >= 15 is 0 Å². The van der Waals surface area contributed by atoms with Crippen LogP contribution >= 0.6 is 0 Å². The van der Waals surface area contributed by atoms with Crippen molar-refractivity contribution < 1.29 is 4.92 Å². The molecule has 2 aromatic carbocycles. The van der Waals surface area contributed by atoms with Crippen LogP contribution in [0.5, 0.6) is 0 Å². The second-order valence-electron chi connectivity index (χ2n) is 4.60. The number of benzene rings is 2. The predicted molar refractivity (Wildman–Crippen MR) is 81.7 cm³/mol. The molecule has 0 N–H and O–H groups in total. The monoisotopic (exact) mass is 281 g/mol. The molecule has 0 aliphatic rings. The lowest BCUT2D eigenvalue weighted by atomic mass is 10.1. The second-order valence-corrected chi connectivity index (χ2v) is 4.60. The van der Waals surface area contributed by atoms with Crippen LogP contribution < -0.4 is 4.90 Å². The van der Waals surface area contributed by atoms with Crippen LogP contribution in [0.25, 0.3) is 0 Å². The van der Waals surface area contributed by atoms with E-state index in [-0.39, 0.29) is 11.3 Å². The quantitative estimate of drug-likeness (QED) is 0.628. The number of para-hydroxylation sites is 1. The Morgan fingerprint density at radius 2 is 2.00 bits per heavy atom. The van der Waals surface area contributed by atoms with E-state index in [0.717, 1.165) is 11.3 Å². The lowest BCUT2D eigenvalue weighted by Crippen LogP contribution is -2.17. The molecule has 0 atom stereocenters. The molecular weight excluding hydrogens is 266 g/mol. The summed E-state index contributed by atoms with van der Waals surface area (Å²) < 4.78 is 0. The van der Waals surface area contributed by atoms with Crippen LogP contribution in [0.2, 0.25) is 0 Å². The molecule has 21 heavy (non-hydrogen) atoms. The lowest BCUT2D eigenvalue weighted by Gasteiger charge is -2.25. The van der Waals surface area contributed by atoms with Crippen molar-refractivity contribution >= 4 is 17.1 Å². The summed E-state index contributed by atoms with van der Waals surface area (Å²) in [6, 6.07) is 14.4. The molecule has 2 aromatic rings. The number of nitro groups is 1. The summed E-state index contributed by atoms with van der Waals surface area (Å²) in [4.78, 5) is 12.6. The molecule has 0 heterocycles. The molecule has 106 valence electrons. The number of rotatable bonds is 4. The first kappa shape index (κ1) is 14.5. The van der Waals surface area contributed by atoms with Crippen LogP contribution in [0.15, 0.2) is 42.5 Å². The van der Waals surface area contributed by atoms with Crippen molar-refractivity contribution in [3.63, 3.8) is 0 Å². The highest BCUT2D eigenvalue weighted by molar-refractivity contribution is 5.70. The fourth-order valence-electron chi connectivity index (χ4n) is 2.29. The van der Waals surface area contributed by atoms with Gasteiger partial charge in [0.25, 0.3) is 5.69 Å². The standard InChI is InChI=1S/C16H15N3O2/c1-3-18(15-7-5-4-6-12(15)2)14-9-8-13(11-17)16(10-14)19(20)21/h4-10H,3H2,1-2H3. The number of hydrogen-bond donors (Lipinski definition) is 0. The number of nitro benzene ring substituents is 1. The Labute approximate surface area is 123 Å². The van der Waals surface area contributed by atoms with Gasteiger partial charge in [0.05, 0.1) is 4.92 Å². The summed E-state index contributed by atoms with van der Waals surface area (Å²) in [7, 11) is 0. The zero-order valence-electron chi connectivity index (χ0n) is 11.9. The van der Waals surface area contributed by atoms with Gasteiger partial charge < -0.3 is 4.90 Å². The van der Waals surface area contributed by atoms with E-state index in [0.29, 0.717) is 12.2 Å². The van der Waals surface area contributed by atoms with E-state index in [1.54, 1.807) is 6.07 Å². The van der Waals surface area contributed by atoms with Gasteiger partial charge in [-0.1, -0.05) is 18.2 Å². The third-order valence-corrected chi connectivity index (χ3v) is 3.33. The minimum atomic E-state index is -0.520. The Morgan fingerprint density at radius 1 is 1.29 bits per heavy atom. The topological polar surface area (TPSA) is 70.2 Å². The number of anilines is 2. The van der Waals surface area contributed by atoms with Gasteiger partial charge in [0.15, 0.2) is 0 Å². The van der Waals surface area contributed by atoms with Crippen LogP contribution in [-0.4, -0.2) is 11.5 Å². The van der Waals surface area contributed by atoms with Gasteiger partial charge in [0, 0.05) is 24.0 Å². The van der Waals surface area contributed by atoms with Crippen molar-refractivity contribution in [2.45, 2.75) is 13.8 Å². The first-order valence-corrected chi connectivity index (χ1v) is 6.60. The lowest BCUT2D eigenvalue weighted by molar-refractivity contribution is -0.385. The molecule has 0 saturated carbocycles. The molecule has 0 aliphatic carbocycles. The largest absolute Gasteiger partial charge is 0.341 e. The van der Waals surface area contributed by atoms with Gasteiger partial charge in [0.1, 0.15) is 11.6 Å². The van der Waals surface area contributed by atoms with E-state index in [9.17, 15) is 10.1 Å². The van der Waals surface area contributed by atoms with E-state index < -0.39 is 4.92 Å². The highest BCUT2D eigenvalue weighted by Crippen LogP contribution is 2.31. The Bertz CT molecular complexity index is 720. The minimum Gasteiger partial charge on any atom is -0.341 e. The van der Waals surface area contributed by atoms with Gasteiger partial charge in [-0.25, -0.2) is 0 Å². The van der Waals surface area contributed by atoms with Gasteiger partial charge >= 0.3 is 0 Å².